The normalized spacial score (nSPS) is 24.4. The summed E-state index contributed by atoms with van der Waals surface area (Å²) in [6.07, 6.45) is 4.91. The standard InChI is InChI=1S/C25H21FN2O5/c26-16-8-10-17(11-9-16)27-14-15(12-22(27)29)25(32)33-19-5-3-4-18(13-19)28-23(30)20-6-1-2-7-21(20)24(28)31/h1-5,8-11,13,15,20-21H,6-7,12,14H2/t15-,20-,21-/m1/s1. The van der Waals surface area contributed by atoms with E-state index in [4.69, 9.17) is 4.74 Å². The third-order valence-electron chi connectivity index (χ3n) is 6.40. The zero-order valence-corrected chi connectivity index (χ0v) is 17.6. The molecular formula is C25H21FN2O5. The smallest absolute Gasteiger partial charge is 0.316 e. The summed E-state index contributed by atoms with van der Waals surface area (Å²) >= 11 is 0. The van der Waals surface area contributed by atoms with Crippen molar-refractivity contribution in [1.82, 2.24) is 0 Å². The van der Waals surface area contributed by atoms with E-state index in [1.807, 2.05) is 12.2 Å². The molecule has 2 heterocycles. The quantitative estimate of drug-likeness (QED) is 0.310. The van der Waals surface area contributed by atoms with Crippen molar-refractivity contribution in [2.24, 2.45) is 17.8 Å². The number of anilines is 2. The van der Waals surface area contributed by atoms with Gasteiger partial charge in [0.05, 0.1) is 23.4 Å². The summed E-state index contributed by atoms with van der Waals surface area (Å²) in [5.41, 5.74) is 0.876. The van der Waals surface area contributed by atoms with Crippen molar-refractivity contribution in [2.45, 2.75) is 19.3 Å². The number of allylic oxidation sites excluding steroid dienone is 2. The molecule has 168 valence electrons. The molecule has 3 amide bonds. The average molecular weight is 448 g/mol. The number of hydrogen-bond acceptors (Lipinski definition) is 5. The molecule has 3 atom stereocenters. The Hall–Kier alpha value is -3.81. The molecule has 0 spiro atoms. The topological polar surface area (TPSA) is 84.0 Å². The lowest BCUT2D eigenvalue weighted by molar-refractivity contribution is -0.139. The molecule has 0 N–H and O–H groups in total. The second-order valence-corrected chi connectivity index (χ2v) is 8.47. The van der Waals surface area contributed by atoms with E-state index >= 15 is 0 Å². The summed E-state index contributed by atoms with van der Waals surface area (Å²) in [6, 6.07) is 11.8. The van der Waals surface area contributed by atoms with Crippen molar-refractivity contribution in [3.8, 4) is 5.75 Å². The average Bonchev–Trinajstić information content (AvgIpc) is 3.32. The van der Waals surface area contributed by atoms with Crippen LogP contribution in [0.15, 0.2) is 60.7 Å². The number of amides is 3. The summed E-state index contributed by atoms with van der Waals surface area (Å²) in [7, 11) is 0. The zero-order chi connectivity index (χ0) is 23.1. The van der Waals surface area contributed by atoms with Gasteiger partial charge in [0, 0.05) is 24.7 Å². The lowest BCUT2D eigenvalue weighted by Crippen LogP contribution is -2.31. The minimum absolute atomic E-state index is 0.0185. The second kappa shape index (κ2) is 8.27. The number of imide groups is 1. The minimum Gasteiger partial charge on any atom is -0.426 e. The van der Waals surface area contributed by atoms with Crippen LogP contribution in [0.3, 0.4) is 0 Å². The Balaban J connectivity index is 1.29. The summed E-state index contributed by atoms with van der Waals surface area (Å²) in [5, 5.41) is 0. The van der Waals surface area contributed by atoms with E-state index in [-0.39, 0.29) is 48.3 Å². The van der Waals surface area contributed by atoms with Crippen LogP contribution in [0.5, 0.6) is 5.75 Å². The van der Waals surface area contributed by atoms with Crippen LogP contribution in [-0.2, 0) is 19.2 Å². The van der Waals surface area contributed by atoms with E-state index < -0.39 is 17.7 Å². The number of carbonyl (C=O) groups is 4. The fraction of sp³-hybridized carbons (Fsp3) is 0.280. The van der Waals surface area contributed by atoms with Crippen LogP contribution in [0.2, 0.25) is 0 Å². The Bertz CT molecular complexity index is 1150. The van der Waals surface area contributed by atoms with Crippen LogP contribution in [0, 0.1) is 23.6 Å². The van der Waals surface area contributed by atoms with Gasteiger partial charge in [-0.1, -0.05) is 18.2 Å². The number of esters is 1. The van der Waals surface area contributed by atoms with Crippen molar-refractivity contribution in [3.63, 3.8) is 0 Å². The number of ether oxygens (including phenoxy) is 1. The Morgan fingerprint density at radius 3 is 2.24 bits per heavy atom. The number of benzene rings is 2. The molecule has 2 aliphatic heterocycles. The molecule has 2 aromatic carbocycles. The molecule has 2 fully saturated rings. The first-order valence-corrected chi connectivity index (χ1v) is 10.8. The van der Waals surface area contributed by atoms with Crippen molar-refractivity contribution >= 4 is 35.1 Å². The fourth-order valence-corrected chi connectivity index (χ4v) is 4.68. The molecule has 0 saturated carbocycles. The molecule has 0 radical (unpaired) electrons. The number of fused-ring (bicyclic) bond motifs is 1. The summed E-state index contributed by atoms with van der Waals surface area (Å²) in [5.74, 6) is -2.92. The second-order valence-electron chi connectivity index (χ2n) is 8.47. The van der Waals surface area contributed by atoms with E-state index in [0.717, 1.165) is 0 Å². The summed E-state index contributed by atoms with van der Waals surface area (Å²) < 4.78 is 18.7. The Kier molecular flexibility index (Phi) is 5.28. The molecule has 7 nitrogen and oxygen atoms in total. The van der Waals surface area contributed by atoms with E-state index in [2.05, 4.69) is 0 Å². The van der Waals surface area contributed by atoms with Crippen LogP contribution in [0.25, 0.3) is 0 Å². The van der Waals surface area contributed by atoms with Gasteiger partial charge in [-0.25, -0.2) is 9.29 Å². The van der Waals surface area contributed by atoms with Crippen LogP contribution >= 0.6 is 0 Å². The highest BCUT2D eigenvalue weighted by Crippen LogP contribution is 2.38. The molecule has 8 heteroatoms. The molecule has 33 heavy (non-hydrogen) atoms. The van der Waals surface area contributed by atoms with Crippen LogP contribution in [0.4, 0.5) is 15.8 Å². The van der Waals surface area contributed by atoms with Gasteiger partial charge in [-0.05, 0) is 49.2 Å². The van der Waals surface area contributed by atoms with E-state index in [0.29, 0.717) is 24.2 Å². The highest BCUT2D eigenvalue weighted by Gasteiger charge is 2.48. The zero-order valence-electron chi connectivity index (χ0n) is 17.6. The van der Waals surface area contributed by atoms with Gasteiger partial charge in [-0.15, -0.1) is 0 Å². The summed E-state index contributed by atoms with van der Waals surface area (Å²) in [6.45, 7) is 0.127. The number of carbonyl (C=O) groups excluding carboxylic acids is 4. The minimum atomic E-state index is -0.685. The first-order valence-electron chi connectivity index (χ1n) is 10.8. The lowest BCUT2D eigenvalue weighted by atomic mass is 9.85. The molecule has 0 aromatic heterocycles. The molecule has 5 rings (SSSR count). The van der Waals surface area contributed by atoms with Crippen molar-refractivity contribution in [1.29, 1.82) is 0 Å². The van der Waals surface area contributed by atoms with E-state index in [1.54, 1.807) is 18.2 Å². The summed E-state index contributed by atoms with van der Waals surface area (Å²) in [4.78, 5) is 53.4. The molecule has 3 aliphatic rings. The van der Waals surface area contributed by atoms with Gasteiger partial charge in [-0.3, -0.25) is 19.2 Å². The molecule has 2 aromatic rings. The maximum Gasteiger partial charge on any atom is 0.316 e. The molecule has 2 saturated heterocycles. The number of hydrogen-bond donors (Lipinski definition) is 0. The van der Waals surface area contributed by atoms with Crippen molar-refractivity contribution in [2.75, 3.05) is 16.3 Å². The van der Waals surface area contributed by atoms with Crippen LogP contribution in [-0.4, -0.2) is 30.2 Å². The van der Waals surface area contributed by atoms with Gasteiger partial charge in [0.25, 0.3) is 0 Å². The predicted molar refractivity (Wildman–Crippen MR) is 117 cm³/mol. The Morgan fingerprint density at radius 2 is 1.58 bits per heavy atom. The largest absolute Gasteiger partial charge is 0.426 e. The van der Waals surface area contributed by atoms with Gasteiger partial charge in [0.1, 0.15) is 11.6 Å². The lowest BCUT2D eigenvalue weighted by Gasteiger charge is -2.17. The first kappa shape index (κ1) is 21.1. The molecule has 0 unspecified atom stereocenters. The van der Waals surface area contributed by atoms with Gasteiger partial charge < -0.3 is 9.64 Å². The Morgan fingerprint density at radius 1 is 0.909 bits per heavy atom. The number of rotatable bonds is 4. The molecular weight excluding hydrogens is 427 g/mol. The number of nitrogens with zero attached hydrogens (tertiary/aromatic N) is 2. The fourth-order valence-electron chi connectivity index (χ4n) is 4.68. The van der Waals surface area contributed by atoms with E-state index in [1.165, 1.54) is 40.1 Å². The maximum absolute atomic E-state index is 13.2. The maximum atomic E-state index is 13.2. The molecule has 1 aliphatic carbocycles. The van der Waals surface area contributed by atoms with Gasteiger partial charge in [0.15, 0.2) is 0 Å². The van der Waals surface area contributed by atoms with Gasteiger partial charge in [-0.2, -0.15) is 0 Å². The van der Waals surface area contributed by atoms with Gasteiger partial charge in [0.2, 0.25) is 17.7 Å². The SMILES string of the molecule is O=C(Oc1cccc(N2C(=O)[C@@H]3CC=CC[C@H]3C2=O)c1)[C@@H]1CC(=O)N(c2ccc(F)cc2)C1. The highest BCUT2D eigenvalue weighted by atomic mass is 19.1. The first-order chi connectivity index (χ1) is 15.9. The predicted octanol–water partition coefficient (Wildman–Crippen LogP) is 3.24. The van der Waals surface area contributed by atoms with Gasteiger partial charge >= 0.3 is 5.97 Å². The number of halogens is 1. The van der Waals surface area contributed by atoms with Crippen molar-refractivity contribution < 1.29 is 28.3 Å². The highest BCUT2D eigenvalue weighted by molar-refractivity contribution is 6.22. The molecule has 0 bridgehead atoms. The monoisotopic (exact) mass is 448 g/mol. The van der Waals surface area contributed by atoms with E-state index in [9.17, 15) is 23.6 Å². The Labute approximate surface area is 189 Å². The van der Waals surface area contributed by atoms with Crippen LogP contribution in [0.1, 0.15) is 19.3 Å². The van der Waals surface area contributed by atoms with Crippen molar-refractivity contribution in [3.05, 3.63) is 66.5 Å². The van der Waals surface area contributed by atoms with Crippen LogP contribution < -0.4 is 14.5 Å². The third kappa shape index (κ3) is 3.82. The third-order valence-corrected chi connectivity index (χ3v) is 6.40.